The summed E-state index contributed by atoms with van der Waals surface area (Å²) in [4.78, 5) is 13.9. The van der Waals surface area contributed by atoms with Gasteiger partial charge in [0.05, 0.1) is 6.54 Å². The second kappa shape index (κ2) is 12.6. The Bertz CT molecular complexity index is 427. The van der Waals surface area contributed by atoms with Crippen molar-refractivity contribution in [3.8, 4) is 0 Å². The molecule has 2 N–H and O–H groups in total. The van der Waals surface area contributed by atoms with Gasteiger partial charge in [0.1, 0.15) is 0 Å². The highest BCUT2D eigenvalue weighted by molar-refractivity contribution is 5.85. The third kappa shape index (κ3) is 10.6. The van der Waals surface area contributed by atoms with Crippen LogP contribution in [0, 0.1) is 5.92 Å². The van der Waals surface area contributed by atoms with Crippen molar-refractivity contribution in [2.75, 3.05) is 33.2 Å². The molecule has 1 aliphatic carbocycles. The maximum Gasteiger partial charge on any atom is 0.233 e. The summed E-state index contributed by atoms with van der Waals surface area (Å²) < 4.78 is 0. The summed E-state index contributed by atoms with van der Waals surface area (Å²) in [6.45, 7) is 4.15. The Labute approximate surface area is 152 Å². The largest absolute Gasteiger partial charge is 0.355 e. The van der Waals surface area contributed by atoms with Crippen LogP contribution in [-0.4, -0.2) is 44.0 Å². The highest BCUT2D eigenvalue weighted by Gasteiger charge is 2.20. The first-order valence-electron chi connectivity index (χ1n) is 7.94. The van der Waals surface area contributed by atoms with E-state index >= 15 is 0 Å². The normalized spacial score (nSPS) is 13.1. The van der Waals surface area contributed by atoms with Crippen molar-refractivity contribution in [3.63, 3.8) is 0 Å². The number of carbonyl (C=O) groups excluding carboxylic acids is 1. The molecule has 0 aromatic heterocycles. The van der Waals surface area contributed by atoms with Crippen molar-refractivity contribution in [3.05, 3.63) is 35.9 Å². The summed E-state index contributed by atoms with van der Waals surface area (Å²) in [7, 11) is 2.12. The lowest BCUT2D eigenvalue weighted by Gasteiger charge is -2.16. The molecule has 0 unspecified atom stereocenters. The van der Waals surface area contributed by atoms with Crippen LogP contribution in [0.25, 0.3) is 0 Å². The fourth-order valence-corrected chi connectivity index (χ4v) is 2.33. The molecule has 0 heterocycles. The smallest absolute Gasteiger partial charge is 0.233 e. The van der Waals surface area contributed by atoms with E-state index in [0.717, 1.165) is 38.5 Å². The van der Waals surface area contributed by atoms with Gasteiger partial charge in [0.2, 0.25) is 5.91 Å². The van der Waals surface area contributed by atoms with Crippen LogP contribution in [0.4, 0.5) is 0 Å². The van der Waals surface area contributed by atoms with Crippen LogP contribution in [0.1, 0.15) is 24.8 Å². The van der Waals surface area contributed by atoms with Crippen molar-refractivity contribution in [1.29, 1.82) is 0 Å². The van der Waals surface area contributed by atoms with Crippen molar-refractivity contribution < 1.29 is 4.79 Å². The Morgan fingerprint density at radius 3 is 2.57 bits per heavy atom. The number of hydrogen-bond donors (Lipinski definition) is 2. The zero-order valence-corrected chi connectivity index (χ0v) is 15.4. The monoisotopic (exact) mass is 361 g/mol. The molecule has 0 radical (unpaired) electrons. The van der Waals surface area contributed by atoms with Gasteiger partial charge in [-0.3, -0.25) is 4.79 Å². The van der Waals surface area contributed by atoms with Crippen LogP contribution in [0.3, 0.4) is 0 Å². The lowest BCUT2D eigenvalue weighted by molar-refractivity contribution is -0.120. The number of nitrogens with zero attached hydrogens (tertiary/aromatic N) is 1. The lowest BCUT2D eigenvalue weighted by atomic mass is 10.2. The lowest BCUT2D eigenvalue weighted by Crippen LogP contribution is -2.36. The summed E-state index contributed by atoms with van der Waals surface area (Å²) in [6.07, 6.45) is 3.63. The fraction of sp³-hybridized carbons (Fsp3) is 0.588. The predicted octanol–water partition coefficient (Wildman–Crippen LogP) is 2.47. The standard InChI is InChI=1S/C17H27N3O.2ClH/c1-20(14-16-6-3-2-4-7-16)11-5-10-19-17(21)13-18-12-15-8-9-15;;/h2-4,6-7,15,18H,5,8-14H2,1H3,(H,19,21);2*1H. The third-order valence-corrected chi connectivity index (χ3v) is 3.75. The maximum atomic E-state index is 11.6. The molecule has 1 aliphatic rings. The summed E-state index contributed by atoms with van der Waals surface area (Å²) in [5.41, 5.74) is 1.33. The molecule has 0 spiro atoms. The number of amides is 1. The summed E-state index contributed by atoms with van der Waals surface area (Å²) in [5.74, 6) is 0.936. The van der Waals surface area contributed by atoms with Gasteiger partial charge < -0.3 is 15.5 Å². The zero-order chi connectivity index (χ0) is 14.9. The first-order valence-corrected chi connectivity index (χ1v) is 7.94. The number of rotatable bonds is 10. The van der Waals surface area contributed by atoms with Gasteiger partial charge in [-0.2, -0.15) is 0 Å². The molecule has 0 bridgehead atoms. The Kier molecular flexibility index (Phi) is 12.1. The first kappa shape index (κ1) is 22.2. The molecule has 0 aliphatic heterocycles. The molecule has 0 saturated heterocycles. The van der Waals surface area contributed by atoms with Crippen LogP contribution >= 0.6 is 24.8 Å². The second-order valence-corrected chi connectivity index (χ2v) is 6.00. The molecular formula is C17H29Cl2N3O. The van der Waals surface area contributed by atoms with E-state index in [1.165, 1.54) is 18.4 Å². The highest BCUT2D eigenvalue weighted by Crippen LogP contribution is 2.27. The molecular weight excluding hydrogens is 333 g/mol. The Balaban J connectivity index is 0.00000242. The average molecular weight is 362 g/mol. The molecule has 0 atom stereocenters. The number of nitrogens with one attached hydrogen (secondary N) is 2. The van der Waals surface area contributed by atoms with Gasteiger partial charge in [-0.1, -0.05) is 30.3 Å². The van der Waals surface area contributed by atoms with E-state index in [2.05, 4.69) is 46.8 Å². The van der Waals surface area contributed by atoms with Crippen LogP contribution in [0.15, 0.2) is 30.3 Å². The van der Waals surface area contributed by atoms with Crippen molar-refractivity contribution >= 4 is 30.7 Å². The van der Waals surface area contributed by atoms with Gasteiger partial charge in [-0.05, 0) is 50.9 Å². The van der Waals surface area contributed by atoms with E-state index in [1.807, 2.05) is 6.07 Å². The Morgan fingerprint density at radius 2 is 1.91 bits per heavy atom. The number of halogens is 2. The summed E-state index contributed by atoms with van der Waals surface area (Å²) in [5, 5.41) is 6.17. The van der Waals surface area contributed by atoms with Crippen LogP contribution in [-0.2, 0) is 11.3 Å². The van der Waals surface area contributed by atoms with Crippen LogP contribution in [0.2, 0.25) is 0 Å². The Morgan fingerprint density at radius 1 is 1.22 bits per heavy atom. The predicted molar refractivity (Wildman–Crippen MR) is 100 cm³/mol. The molecule has 1 saturated carbocycles. The summed E-state index contributed by atoms with van der Waals surface area (Å²) in [6, 6.07) is 10.5. The third-order valence-electron chi connectivity index (χ3n) is 3.75. The molecule has 4 nitrogen and oxygen atoms in total. The van der Waals surface area contributed by atoms with Crippen LogP contribution in [0.5, 0.6) is 0 Å². The van der Waals surface area contributed by atoms with Gasteiger partial charge in [0, 0.05) is 13.1 Å². The molecule has 2 rings (SSSR count). The minimum atomic E-state index is 0. The first-order chi connectivity index (χ1) is 10.2. The molecule has 1 aromatic carbocycles. The van der Waals surface area contributed by atoms with Crippen molar-refractivity contribution in [2.24, 2.45) is 5.92 Å². The molecule has 1 aromatic rings. The fourth-order valence-electron chi connectivity index (χ4n) is 2.33. The number of carbonyl (C=O) groups is 1. The van der Waals surface area contributed by atoms with Gasteiger partial charge in [0.15, 0.2) is 0 Å². The Hall–Kier alpha value is -0.810. The SMILES string of the molecule is CN(CCCNC(=O)CNCC1CC1)Cc1ccccc1.Cl.Cl. The van der Waals surface area contributed by atoms with Crippen LogP contribution < -0.4 is 10.6 Å². The van der Waals surface area contributed by atoms with E-state index < -0.39 is 0 Å². The zero-order valence-electron chi connectivity index (χ0n) is 13.8. The molecule has 1 amide bonds. The molecule has 1 fully saturated rings. The van der Waals surface area contributed by atoms with E-state index in [4.69, 9.17) is 0 Å². The number of benzene rings is 1. The minimum absolute atomic E-state index is 0. The van der Waals surface area contributed by atoms with E-state index in [0.29, 0.717) is 6.54 Å². The maximum absolute atomic E-state index is 11.6. The topological polar surface area (TPSA) is 44.4 Å². The van der Waals surface area contributed by atoms with Gasteiger partial charge in [0.25, 0.3) is 0 Å². The van der Waals surface area contributed by atoms with E-state index in [9.17, 15) is 4.79 Å². The summed E-state index contributed by atoms with van der Waals surface area (Å²) >= 11 is 0. The second-order valence-electron chi connectivity index (χ2n) is 6.00. The van der Waals surface area contributed by atoms with Crippen molar-refractivity contribution in [2.45, 2.75) is 25.8 Å². The number of hydrogen-bond acceptors (Lipinski definition) is 3. The average Bonchev–Trinajstić information content (AvgIpc) is 3.29. The van der Waals surface area contributed by atoms with Gasteiger partial charge in [-0.25, -0.2) is 0 Å². The van der Waals surface area contributed by atoms with Gasteiger partial charge >= 0.3 is 0 Å². The molecule has 132 valence electrons. The van der Waals surface area contributed by atoms with E-state index in [1.54, 1.807) is 0 Å². The van der Waals surface area contributed by atoms with E-state index in [-0.39, 0.29) is 30.7 Å². The minimum Gasteiger partial charge on any atom is -0.355 e. The van der Waals surface area contributed by atoms with Gasteiger partial charge in [-0.15, -0.1) is 24.8 Å². The molecule has 23 heavy (non-hydrogen) atoms. The quantitative estimate of drug-likeness (QED) is 0.629. The molecule has 6 heteroatoms. The van der Waals surface area contributed by atoms with Crippen molar-refractivity contribution in [1.82, 2.24) is 15.5 Å². The highest BCUT2D eigenvalue weighted by atomic mass is 35.5.